The zero-order chi connectivity index (χ0) is 26.8. The summed E-state index contributed by atoms with van der Waals surface area (Å²) in [5.74, 6) is -3.85. The first-order valence-corrected chi connectivity index (χ1v) is 11.4. The van der Waals surface area contributed by atoms with E-state index in [4.69, 9.17) is 9.84 Å². The van der Waals surface area contributed by atoms with E-state index in [0.29, 0.717) is 24.1 Å². The summed E-state index contributed by atoms with van der Waals surface area (Å²) >= 11 is 0. The highest BCUT2D eigenvalue weighted by Gasteiger charge is 2.27. The van der Waals surface area contributed by atoms with Gasteiger partial charge < -0.3 is 19.9 Å². The van der Waals surface area contributed by atoms with Gasteiger partial charge in [0.05, 0.1) is 31.8 Å². The van der Waals surface area contributed by atoms with Crippen LogP contribution in [0.3, 0.4) is 0 Å². The third kappa shape index (κ3) is 8.57. The molecule has 1 aliphatic heterocycles. The normalized spacial score (nSPS) is 14.4. The van der Waals surface area contributed by atoms with Gasteiger partial charge in [0.15, 0.2) is 0 Å². The number of nitrogens with one attached hydrogen (secondary N) is 2. The Labute approximate surface area is 209 Å². The van der Waals surface area contributed by atoms with Crippen molar-refractivity contribution in [2.24, 2.45) is 11.8 Å². The van der Waals surface area contributed by atoms with E-state index in [1.807, 2.05) is 13.8 Å². The van der Waals surface area contributed by atoms with Crippen molar-refractivity contribution >= 4 is 29.7 Å². The van der Waals surface area contributed by atoms with Gasteiger partial charge in [-0.25, -0.2) is 9.59 Å². The number of allylic oxidation sites excluding steroid dienone is 1. The molecule has 0 aliphatic carbocycles. The van der Waals surface area contributed by atoms with E-state index in [-0.39, 0.29) is 18.1 Å². The summed E-state index contributed by atoms with van der Waals surface area (Å²) in [5, 5.41) is 13.0. The van der Waals surface area contributed by atoms with Gasteiger partial charge in [-0.05, 0) is 49.6 Å². The van der Waals surface area contributed by atoms with Gasteiger partial charge in [-0.2, -0.15) is 0 Å². The maximum Gasteiger partial charge on any atom is 0.337 e. The van der Waals surface area contributed by atoms with Crippen LogP contribution >= 0.6 is 0 Å². The van der Waals surface area contributed by atoms with Crippen LogP contribution in [0.25, 0.3) is 0 Å². The Morgan fingerprint density at radius 2 is 1.69 bits per heavy atom. The molecule has 11 heteroatoms. The topological polar surface area (TPSA) is 151 Å². The molecule has 0 spiro atoms. The van der Waals surface area contributed by atoms with E-state index in [2.05, 4.69) is 15.5 Å². The fourth-order valence-corrected chi connectivity index (χ4v) is 3.40. The number of hydrogen-bond donors (Lipinski definition) is 3. The second-order valence-electron chi connectivity index (χ2n) is 8.67. The number of hydrogen-bond acceptors (Lipinski definition) is 8. The Hall–Kier alpha value is -4.15. The SMILES string of the molecule is COC(=O)c1ccc(C(=O)NN2C=C(OC(=O)[C@H](C)NC(=O)C(CC(=O)O)CC(C)C)C=CC2)cc1. The second kappa shape index (κ2) is 13.1. The van der Waals surface area contributed by atoms with Crippen molar-refractivity contribution in [3.63, 3.8) is 0 Å². The van der Waals surface area contributed by atoms with Gasteiger partial charge in [-0.3, -0.25) is 24.8 Å². The predicted octanol–water partition coefficient (Wildman–Crippen LogP) is 2.02. The van der Waals surface area contributed by atoms with Gasteiger partial charge in [0.1, 0.15) is 11.8 Å². The summed E-state index contributed by atoms with van der Waals surface area (Å²) in [4.78, 5) is 60.2. The molecule has 1 heterocycles. The fraction of sp³-hybridized carbons (Fsp3) is 0.400. The molecule has 1 aromatic rings. The Morgan fingerprint density at radius 3 is 2.28 bits per heavy atom. The summed E-state index contributed by atoms with van der Waals surface area (Å²) in [6.07, 6.45) is 4.66. The number of ether oxygens (including phenoxy) is 2. The number of rotatable bonds is 11. The molecule has 1 aliphatic rings. The van der Waals surface area contributed by atoms with Crippen LogP contribution < -0.4 is 10.7 Å². The maximum absolute atomic E-state index is 12.5. The van der Waals surface area contributed by atoms with Crippen LogP contribution in [0.4, 0.5) is 0 Å². The van der Waals surface area contributed by atoms with E-state index in [1.54, 1.807) is 12.2 Å². The minimum absolute atomic E-state index is 0.104. The van der Waals surface area contributed by atoms with Gasteiger partial charge in [0.2, 0.25) is 5.91 Å². The van der Waals surface area contributed by atoms with Crippen molar-refractivity contribution in [2.75, 3.05) is 13.7 Å². The highest BCUT2D eigenvalue weighted by Crippen LogP contribution is 2.17. The van der Waals surface area contributed by atoms with Crippen molar-refractivity contribution in [3.8, 4) is 0 Å². The lowest BCUT2D eigenvalue weighted by Gasteiger charge is -2.24. The van der Waals surface area contributed by atoms with Crippen LogP contribution in [0, 0.1) is 11.8 Å². The molecular formula is C25H31N3O8. The molecule has 1 unspecified atom stereocenters. The standard InChI is InChI=1S/C25H31N3O8/c1-15(2)12-19(13-21(29)30)22(31)26-16(3)24(33)36-20-6-5-11-28(14-20)27-23(32)17-7-9-18(10-8-17)25(34)35-4/h5-10,14-16,19H,11-13H2,1-4H3,(H,26,31)(H,27,32)(H,29,30)/t16-,19?/m0/s1. The highest BCUT2D eigenvalue weighted by atomic mass is 16.5. The molecule has 194 valence electrons. The molecule has 0 aromatic heterocycles. The van der Waals surface area contributed by atoms with Crippen molar-refractivity contribution in [1.29, 1.82) is 0 Å². The van der Waals surface area contributed by atoms with E-state index in [1.165, 1.54) is 49.5 Å². The van der Waals surface area contributed by atoms with Crippen LogP contribution in [0.15, 0.2) is 48.4 Å². The zero-order valence-electron chi connectivity index (χ0n) is 20.6. The van der Waals surface area contributed by atoms with Crippen molar-refractivity contribution in [1.82, 2.24) is 15.8 Å². The number of nitrogens with zero attached hydrogens (tertiary/aromatic N) is 1. The molecule has 0 fully saturated rings. The van der Waals surface area contributed by atoms with E-state index >= 15 is 0 Å². The molecule has 2 rings (SSSR count). The first-order chi connectivity index (χ1) is 17.0. The number of carboxylic acids is 1. The number of benzene rings is 1. The minimum Gasteiger partial charge on any atom is -0.481 e. The number of esters is 2. The third-order valence-corrected chi connectivity index (χ3v) is 5.16. The summed E-state index contributed by atoms with van der Waals surface area (Å²) in [5.41, 5.74) is 3.26. The van der Waals surface area contributed by atoms with Gasteiger partial charge in [0, 0.05) is 11.5 Å². The first kappa shape index (κ1) is 28.1. The number of methoxy groups -OCH3 is 1. The number of hydrazine groups is 1. The largest absolute Gasteiger partial charge is 0.481 e. The van der Waals surface area contributed by atoms with Crippen LogP contribution in [0.1, 0.15) is 54.3 Å². The monoisotopic (exact) mass is 501 g/mol. The summed E-state index contributed by atoms with van der Waals surface area (Å²) in [7, 11) is 1.27. The molecule has 36 heavy (non-hydrogen) atoms. The summed E-state index contributed by atoms with van der Waals surface area (Å²) < 4.78 is 9.96. The number of carbonyl (C=O) groups excluding carboxylic acids is 4. The molecular weight excluding hydrogens is 470 g/mol. The highest BCUT2D eigenvalue weighted by molar-refractivity contribution is 5.96. The van der Waals surface area contributed by atoms with Crippen LogP contribution in [-0.2, 0) is 23.9 Å². The smallest absolute Gasteiger partial charge is 0.337 e. The molecule has 11 nitrogen and oxygen atoms in total. The third-order valence-electron chi connectivity index (χ3n) is 5.16. The summed E-state index contributed by atoms with van der Waals surface area (Å²) in [6.45, 7) is 5.51. The number of carboxylic acid groups (broad SMARTS) is 1. The molecule has 2 atom stereocenters. The van der Waals surface area contributed by atoms with Crippen LogP contribution in [0.5, 0.6) is 0 Å². The van der Waals surface area contributed by atoms with Crippen LogP contribution in [0.2, 0.25) is 0 Å². The molecule has 3 N–H and O–H groups in total. The Bertz CT molecular complexity index is 1050. The lowest BCUT2D eigenvalue weighted by atomic mass is 9.93. The zero-order valence-corrected chi connectivity index (χ0v) is 20.6. The quantitative estimate of drug-likeness (QED) is 0.387. The number of aliphatic carboxylic acids is 1. The Morgan fingerprint density at radius 1 is 1.06 bits per heavy atom. The van der Waals surface area contributed by atoms with Gasteiger partial charge in [-0.15, -0.1) is 0 Å². The Balaban J connectivity index is 1.95. The Kier molecular flexibility index (Phi) is 10.2. The van der Waals surface area contributed by atoms with Crippen molar-refractivity contribution in [3.05, 3.63) is 59.5 Å². The second-order valence-corrected chi connectivity index (χ2v) is 8.67. The predicted molar refractivity (Wildman–Crippen MR) is 128 cm³/mol. The van der Waals surface area contributed by atoms with Gasteiger partial charge >= 0.3 is 17.9 Å². The lowest BCUT2D eigenvalue weighted by Crippen LogP contribution is -2.43. The van der Waals surface area contributed by atoms with Crippen molar-refractivity contribution in [2.45, 2.75) is 39.7 Å². The molecule has 0 saturated heterocycles. The van der Waals surface area contributed by atoms with Gasteiger partial charge in [-0.1, -0.05) is 19.9 Å². The molecule has 0 bridgehead atoms. The molecule has 1 aromatic carbocycles. The molecule has 2 amide bonds. The van der Waals surface area contributed by atoms with Crippen molar-refractivity contribution < 1.29 is 38.6 Å². The van der Waals surface area contributed by atoms with E-state index in [9.17, 15) is 24.0 Å². The number of carbonyl (C=O) groups is 5. The van der Waals surface area contributed by atoms with Crippen LogP contribution in [-0.4, -0.2) is 59.5 Å². The lowest BCUT2D eigenvalue weighted by molar-refractivity contribution is -0.145. The maximum atomic E-state index is 12.5. The fourth-order valence-electron chi connectivity index (χ4n) is 3.40. The number of amides is 2. The average Bonchev–Trinajstić information content (AvgIpc) is 2.82. The minimum atomic E-state index is -1.09. The molecule has 0 saturated carbocycles. The molecule has 0 radical (unpaired) electrons. The first-order valence-electron chi connectivity index (χ1n) is 11.4. The average molecular weight is 502 g/mol. The summed E-state index contributed by atoms with van der Waals surface area (Å²) in [6, 6.07) is 4.88. The van der Waals surface area contributed by atoms with E-state index in [0.717, 1.165) is 0 Å². The van der Waals surface area contributed by atoms with Gasteiger partial charge in [0.25, 0.3) is 5.91 Å². The van der Waals surface area contributed by atoms with E-state index < -0.39 is 41.7 Å².